The largest absolute Gasteiger partial charge is 0.490 e. The van der Waals surface area contributed by atoms with Gasteiger partial charge >= 0.3 is 5.97 Å². The highest BCUT2D eigenvalue weighted by Gasteiger charge is 2.20. The van der Waals surface area contributed by atoms with Gasteiger partial charge in [0.15, 0.2) is 12.4 Å². The maximum absolute atomic E-state index is 12.1. The topological polar surface area (TPSA) is 89.5 Å². The lowest BCUT2D eigenvalue weighted by Crippen LogP contribution is -2.28. The molecule has 3 aromatic carbocycles. The third-order valence-electron chi connectivity index (χ3n) is 7.38. The van der Waals surface area contributed by atoms with Gasteiger partial charge in [-0.3, -0.25) is 0 Å². The fraction of sp³-hybridized carbons (Fsp3) is 0.341. The quantitative estimate of drug-likeness (QED) is 0.0580. The Balaban J connectivity index is 1.46. The molecule has 0 fully saturated rings. The molecule has 272 valence electrons. The van der Waals surface area contributed by atoms with Crippen molar-refractivity contribution in [1.82, 2.24) is 0 Å². The SMILES string of the molecule is CCOC(=O)C(Cc1ccc(OCC=C(C)C#Cc2ccc(C#CC(C)=CCOc3ccc(C(=C=O)C(OCC)OCC)cc3)cc2)cc1)OCC. The Kier molecular flexibility index (Phi) is 18.3. The van der Waals surface area contributed by atoms with E-state index in [1.807, 2.05) is 101 Å². The fourth-order valence-electron chi connectivity index (χ4n) is 4.68. The average molecular weight is 705 g/mol. The molecule has 0 saturated carbocycles. The van der Waals surface area contributed by atoms with E-state index >= 15 is 0 Å². The molecule has 0 aliphatic rings. The molecule has 1 unspecified atom stereocenters. The predicted octanol–water partition coefficient (Wildman–Crippen LogP) is 7.57. The lowest BCUT2D eigenvalue weighted by atomic mass is 10.1. The summed E-state index contributed by atoms with van der Waals surface area (Å²) >= 11 is 0. The molecule has 3 aromatic rings. The second-order valence-electron chi connectivity index (χ2n) is 11.3. The molecule has 8 nitrogen and oxygen atoms in total. The number of carbonyl (C=O) groups excluding carboxylic acids is 2. The van der Waals surface area contributed by atoms with Gasteiger partial charge in [0, 0.05) is 37.4 Å². The van der Waals surface area contributed by atoms with Gasteiger partial charge in [-0.05, 0) is 124 Å². The first-order valence-corrected chi connectivity index (χ1v) is 17.5. The number of hydrogen-bond donors (Lipinski definition) is 0. The third-order valence-corrected chi connectivity index (χ3v) is 7.38. The van der Waals surface area contributed by atoms with Crippen LogP contribution in [0.1, 0.15) is 63.8 Å². The number of rotatable bonds is 18. The van der Waals surface area contributed by atoms with Crippen molar-refractivity contribution in [3.8, 4) is 35.2 Å². The smallest absolute Gasteiger partial charge is 0.335 e. The summed E-state index contributed by atoms with van der Waals surface area (Å²) in [4.78, 5) is 23.7. The summed E-state index contributed by atoms with van der Waals surface area (Å²) in [6.07, 6.45) is 2.92. The second-order valence-corrected chi connectivity index (χ2v) is 11.3. The van der Waals surface area contributed by atoms with E-state index in [1.165, 1.54) is 0 Å². The minimum Gasteiger partial charge on any atom is -0.490 e. The predicted molar refractivity (Wildman–Crippen MR) is 203 cm³/mol. The normalized spacial score (nSPS) is 11.8. The number of carbonyl (C=O) groups is 1. The number of allylic oxidation sites excluding steroid dienone is 2. The van der Waals surface area contributed by atoms with Crippen molar-refractivity contribution in [2.45, 2.75) is 60.4 Å². The monoisotopic (exact) mass is 704 g/mol. The summed E-state index contributed by atoms with van der Waals surface area (Å²) in [6, 6.07) is 22.6. The Morgan fingerprint density at radius 1 is 0.654 bits per heavy atom. The first kappa shape index (κ1) is 41.1. The third kappa shape index (κ3) is 14.5. The lowest BCUT2D eigenvalue weighted by molar-refractivity contribution is -0.156. The molecule has 0 radical (unpaired) electrons. The maximum Gasteiger partial charge on any atom is 0.335 e. The molecule has 0 bridgehead atoms. The Hall–Kier alpha value is -5.34. The van der Waals surface area contributed by atoms with Crippen molar-refractivity contribution < 1.29 is 38.0 Å². The van der Waals surface area contributed by atoms with E-state index in [4.69, 9.17) is 28.4 Å². The van der Waals surface area contributed by atoms with Gasteiger partial charge in [0.05, 0.1) is 12.2 Å². The molecule has 0 amide bonds. The highest BCUT2D eigenvalue weighted by atomic mass is 16.7. The zero-order chi connectivity index (χ0) is 37.6. The van der Waals surface area contributed by atoms with Crippen molar-refractivity contribution in [2.75, 3.05) is 39.6 Å². The van der Waals surface area contributed by atoms with Gasteiger partial charge in [-0.2, -0.15) is 0 Å². The molecule has 0 N–H and O–H groups in total. The molecule has 8 heteroatoms. The van der Waals surface area contributed by atoms with Crippen LogP contribution in [0, 0.1) is 23.7 Å². The van der Waals surface area contributed by atoms with Crippen LogP contribution in [-0.2, 0) is 35.0 Å². The van der Waals surface area contributed by atoms with E-state index in [0.717, 1.165) is 33.6 Å². The van der Waals surface area contributed by atoms with E-state index in [9.17, 15) is 9.59 Å². The number of benzene rings is 3. The van der Waals surface area contributed by atoms with Crippen molar-refractivity contribution >= 4 is 17.5 Å². The molecule has 0 heterocycles. The molecular weight excluding hydrogens is 656 g/mol. The number of hydrogen-bond acceptors (Lipinski definition) is 8. The molecule has 1 atom stereocenters. The fourth-order valence-corrected chi connectivity index (χ4v) is 4.68. The van der Waals surface area contributed by atoms with E-state index < -0.39 is 12.4 Å². The van der Waals surface area contributed by atoms with Gasteiger partial charge in [-0.25, -0.2) is 9.59 Å². The summed E-state index contributed by atoms with van der Waals surface area (Å²) < 4.78 is 33.4. The molecule has 0 spiro atoms. The highest BCUT2D eigenvalue weighted by molar-refractivity contribution is 5.89. The minimum atomic E-state index is -0.754. The molecule has 52 heavy (non-hydrogen) atoms. The maximum atomic E-state index is 12.1. The Morgan fingerprint density at radius 3 is 1.58 bits per heavy atom. The summed E-state index contributed by atoms with van der Waals surface area (Å²) in [5.74, 6) is 15.7. The van der Waals surface area contributed by atoms with E-state index in [-0.39, 0.29) is 5.97 Å². The Labute approximate surface area is 308 Å². The van der Waals surface area contributed by atoms with Crippen molar-refractivity contribution in [3.05, 3.63) is 118 Å². The summed E-state index contributed by atoms with van der Waals surface area (Å²) in [5.41, 5.74) is 5.49. The van der Waals surface area contributed by atoms with Gasteiger partial charge in [-0.15, -0.1) is 0 Å². The molecule has 0 aliphatic heterocycles. The lowest BCUT2D eigenvalue weighted by Gasteiger charge is -2.18. The van der Waals surface area contributed by atoms with Crippen LogP contribution in [0.4, 0.5) is 0 Å². The van der Waals surface area contributed by atoms with Crippen molar-refractivity contribution in [3.63, 3.8) is 0 Å². The molecule has 0 aromatic heterocycles. The van der Waals surface area contributed by atoms with E-state index in [1.54, 1.807) is 31.2 Å². The average Bonchev–Trinajstić information content (AvgIpc) is 3.15. The van der Waals surface area contributed by atoms with Crippen LogP contribution in [-0.4, -0.2) is 63.9 Å². The standard InChI is InChI=1S/C44H48O8/c1-7-47-42(43(46)48-8-2)31-37-19-23-39(24-20-37)51-29-27-33(5)11-13-35-15-17-36(18-16-35)14-12-34(6)28-30-52-40-25-21-38(22-26-40)41(32-45)44(49-9-3)50-10-4/h15-28,42,44H,7-10,29-31H2,1-6H3. The van der Waals surface area contributed by atoms with Gasteiger partial charge in [0.2, 0.25) is 0 Å². The molecule has 3 rings (SSSR count). The van der Waals surface area contributed by atoms with Crippen molar-refractivity contribution in [1.29, 1.82) is 0 Å². The zero-order valence-corrected chi connectivity index (χ0v) is 31.0. The first-order valence-electron chi connectivity index (χ1n) is 17.5. The van der Waals surface area contributed by atoms with Crippen molar-refractivity contribution in [2.24, 2.45) is 0 Å². The van der Waals surface area contributed by atoms with Crippen LogP contribution in [0.3, 0.4) is 0 Å². The Morgan fingerprint density at radius 2 is 1.13 bits per heavy atom. The summed E-state index contributed by atoms with van der Waals surface area (Å²) in [6.45, 7) is 13.5. The Bertz CT molecular complexity index is 1780. The van der Waals surface area contributed by atoms with E-state index in [0.29, 0.717) is 62.9 Å². The second kappa shape index (κ2) is 23.2. The molecular formula is C44H48O8. The van der Waals surface area contributed by atoms with Gasteiger partial charge in [0.1, 0.15) is 30.7 Å². The van der Waals surface area contributed by atoms with E-state index in [2.05, 4.69) is 23.7 Å². The molecule has 0 saturated heterocycles. The van der Waals surface area contributed by atoms with Crippen LogP contribution in [0.25, 0.3) is 5.57 Å². The van der Waals surface area contributed by atoms with Gasteiger partial charge in [0.25, 0.3) is 0 Å². The van der Waals surface area contributed by atoms with Gasteiger partial charge < -0.3 is 28.4 Å². The van der Waals surface area contributed by atoms with Crippen LogP contribution >= 0.6 is 0 Å². The highest BCUT2D eigenvalue weighted by Crippen LogP contribution is 2.22. The molecule has 0 aliphatic carbocycles. The van der Waals surface area contributed by atoms with Crippen LogP contribution in [0.5, 0.6) is 11.5 Å². The first-order chi connectivity index (χ1) is 25.3. The van der Waals surface area contributed by atoms with Crippen LogP contribution in [0.15, 0.2) is 96.1 Å². The van der Waals surface area contributed by atoms with Crippen LogP contribution in [0.2, 0.25) is 0 Å². The van der Waals surface area contributed by atoms with Crippen LogP contribution < -0.4 is 9.47 Å². The number of esters is 1. The zero-order valence-electron chi connectivity index (χ0n) is 31.0. The summed E-state index contributed by atoms with van der Waals surface area (Å²) in [7, 11) is 0. The summed E-state index contributed by atoms with van der Waals surface area (Å²) in [5, 5.41) is 0. The number of ether oxygens (including phenoxy) is 6. The minimum absolute atomic E-state index is 0.317. The van der Waals surface area contributed by atoms with Gasteiger partial charge in [-0.1, -0.05) is 47.9 Å².